The predicted octanol–water partition coefficient (Wildman–Crippen LogP) is 4.62. The zero-order chi connectivity index (χ0) is 12.4. The van der Waals surface area contributed by atoms with E-state index in [2.05, 4.69) is 35.8 Å². The van der Waals surface area contributed by atoms with Crippen molar-refractivity contribution in [3.8, 4) is 0 Å². The van der Waals surface area contributed by atoms with E-state index in [0.29, 0.717) is 5.92 Å². The number of aliphatic hydroxyl groups excluding tert-OH is 1. The first kappa shape index (κ1) is 13.1. The standard InChI is InChI=1S/C15H21BrO/c1-10-3-5-12(6-4-10)15(17)13-7-8-14(16)11(2)9-13/h7-10,12,15,17H,3-6H2,1-2H3. The molecule has 1 fully saturated rings. The van der Waals surface area contributed by atoms with Gasteiger partial charge in [-0.1, -0.05) is 47.8 Å². The Hall–Kier alpha value is -0.340. The molecule has 0 aliphatic heterocycles. The topological polar surface area (TPSA) is 20.2 Å². The molecular weight excluding hydrogens is 276 g/mol. The minimum atomic E-state index is -0.283. The fourth-order valence-electron chi connectivity index (χ4n) is 2.73. The number of benzene rings is 1. The summed E-state index contributed by atoms with van der Waals surface area (Å²) in [5.74, 6) is 1.29. The Morgan fingerprint density at radius 2 is 1.88 bits per heavy atom. The van der Waals surface area contributed by atoms with Gasteiger partial charge in [0, 0.05) is 4.47 Å². The fraction of sp³-hybridized carbons (Fsp3) is 0.600. The molecule has 17 heavy (non-hydrogen) atoms. The van der Waals surface area contributed by atoms with Crippen LogP contribution in [0.1, 0.15) is 49.8 Å². The van der Waals surface area contributed by atoms with Crippen LogP contribution in [0, 0.1) is 18.8 Å². The molecule has 1 aromatic rings. The molecule has 1 aromatic carbocycles. The van der Waals surface area contributed by atoms with Crippen LogP contribution in [0.25, 0.3) is 0 Å². The summed E-state index contributed by atoms with van der Waals surface area (Å²) in [6.45, 7) is 4.38. The van der Waals surface area contributed by atoms with Gasteiger partial charge in [0.15, 0.2) is 0 Å². The third-order valence-corrected chi connectivity index (χ3v) is 4.92. The van der Waals surface area contributed by atoms with Crippen LogP contribution in [0.3, 0.4) is 0 Å². The van der Waals surface area contributed by atoms with Crippen LogP contribution in [-0.2, 0) is 0 Å². The molecule has 1 unspecified atom stereocenters. The molecule has 94 valence electrons. The van der Waals surface area contributed by atoms with E-state index in [1.807, 2.05) is 12.1 Å². The van der Waals surface area contributed by atoms with Gasteiger partial charge in [0.25, 0.3) is 0 Å². The highest BCUT2D eigenvalue weighted by molar-refractivity contribution is 9.10. The lowest BCUT2D eigenvalue weighted by molar-refractivity contribution is 0.0755. The summed E-state index contributed by atoms with van der Waals surface area (Å²) < 4.78 is 1.12. The average molecular weight is 297 g/mol. The van der Waals surface area contributed by atoms with E-state index >= 15 is 0 Å². The zero-order valence-electron chi connectivity index (χ0n) is 10.6. The van der Waals surface area contributed by atoms with E-state index in [-0.39, 0.29) is 6.10 Å². The highest BCUT2D eigenvalue weighted by Crippen LogP contribution is 2.37. The lowest BCUT2D eigenvalue weighted by Gasteiger charge is -2.30. The molecule has 1 N–H and O–H groups in total. The molecule has 1 aliphatic carbocycles. The van der Waals surface area contributed by atoms with Crippen molar-refractivity contribution in [2.45, 2.75) is 45.6 Å². The molecule has 0 radical (unpaired) electrons. The second kappa shape index (κ2) is 5.53. The van der Waals surface area contributed by atoms with Crippen molar-refractivity contribution in [3.63, 3.8) is 0 Å². The van der Waals surface area contributed by atoms with Gasteiger partial charge in [0.1, 0.15) is 0 Å². The Labute approximate surface area is 112 Å². The quantitative estimate of drug-likeness (QED) is 0.844. The van der Waals surface area contributed by atoms with Gasteiger partial charge in [0.2, 0.25) is 0 Å². The average Bonchev–Trinajstić information content (AvgIpc) is 2.33. The van der Waals surface area contributed by atoms with Crippen molar-refractivity contribution in [2.24, 2.45) is 11.8 Å². The first-order valence-corrected chi connectivity index (χ1v) is 7.31. The van der Waals surface area contributed by atoms with Crippen LogP contribution in [0.15, 0.2) is 22.7 Å². The highest BCUT2D eigenvalue weighted by atomic mass is 79.9. The molecule has 2 rings (SSSR count). The molecule has 0 aromatic heterocycles. The van der Waals surface area contributed by atoms with Crippen LogP contribution in [0.2, 0.25) is 0 Å². The van der Waals surface area contributed by atoms with Crippen LogP contribution in [0.4, 0.5) is 0 Å². The summed E-state index contributed by atoms with van der Waals surface area (Å²) in [5, 5.41) is 10.4. The minimum absolute atomic E-state index is 0.283. The van der Waals surface area contributed by atoms with Crippen molar-refractivity contribution in [2.75, 3.05) is 0 Å². The number of halogens is 1. The number of aryl methyl sites for hydroxylation is 1. The second-order valence-corrected chi connectivity index (χ2v) is 6.33. The molecule has 2 heteroatoms. The van der Waals surface area contributed by atoms with E-state index in [4.69, 9.17) is 0 Å². The molecule has 1 saturated carbocycles. The summed E-state index contributed by atoms with van der Waals surface area (Å²) in [6, 6.07) is 6.19. The number of rotatable bonds is 2. The van der Waals surface area contributed by atoms with Gasteiger partial charge in [-0.2, -0.15) is 0 Å². The maximum absolute atomic E-state index is 10.4. The van der Waals surface area contributed by atoms with Gasteiger partial charge in [-0.15, -0.1) is 0 Å². The molecule has 0 heterocycles. The van der Waals surface area contributed by atoms with Gasteiger partial charge in [-0.05, 0) is 48.8 Å². The normalized spacial score (nSPS) is 26.8. The molecule has 0 saturated heterocycles. The Morgan fingerprint density at radius 3 is 2.47 bits per heavy atom. The number of hydrogen-bond acceptors (Lipinski definition) is 1. The summed E-state index contributed by atoms with van der Waals surface area (Å²) in [4.78, 5) is 0. The fourth-order valence-corrected chi connectivity index (χ4v) is 2.97. The molecular formula is C15H21BrO. The number of aliphatic hydroxyl groups is 1. The Morgan fingerprint density at radius 1 is 1.24 bits per heavy atom. The molecule has 0 bridgehead atoms. The highest BCUT2D eigenvalue weighted by Gasteiger charge is 2.25. The van der Waals surface area contributed by atoms with Crippen molar-refractivity contribution in [1.29, 1.82) is 0 Å². The summed E-state index contributed by atoms with van der Waals surface area (Å²) in [6.07, 6.45) is 4.57. The van der Waals surface area contributed by atoms with Gasteiger partial charge in [-0.3, -0.25) is 0 Å². The van der Waals surface area contributed by atoms with E-state index < -0.39 is 0 Å². The van der Waals surface area contributed by atoms with Gasteiger partial charge >= 0.3 is 0 Å². The van der Waals surface area contributed by atoms with Gasteiger partial charge in [0.05, 0.1) is 6.10 Å². The predicted molar refractivity (Wildman–Crippen MR) is 75.0 cm³/mol. The van der Waals surface area contributed by atoms with Crippen LogP contribution >= 0.6 is 15.9 Å². The summed E-state index contributed by atoms with van der Waals surface area (Å²) in [7, 11) is 0. The Balaban J connectivity index is 2.08. The largest absolute Gasteiger partial charge is 0.388 e. The van der Waals surface area contributed by atoms with Crippen LogP contribution in [0.5, 0.6) is 0 Å². The summed E-state index contributed by atoms with van der Waals surface area (Å²) >= 11 is 3.50. The molecule has 1 atom stereocenters. The second-order valence-electron chi connectivity index (χ2n) is 5.47. The van der Waals surface area contributed by atoms with E-state index in [9.17, 15) is 5.11 Å². The van der Waals surface area contributed by atoms with Crippen molar-refractivity contribution in [1.82, 2.24) is 0 Å². The SMILES string of the molecule is Cc1cc(C(O)C2CCC(C)CC2)ccc1Br. The van der Waals surface area contributed by atoms with Crippen molar-refractivity contribution in [3.05, 3.63) is 33.8 Å². The Bertz CT molecular complexity index is 381. The minimum Gasteiger partial charge on any atom is -0.388 e. The summed E-state index contributed by atoms with van der Waals surface area (Å²) in [5.41, 5.74) is 2.27. The first-order chi connectivity index (χ1) is 8.08. The maximum Gasteiger partial charge on any atom is 0.0818 e. The van der Waals surface area contributed by atoms with E-state index in [0.717, 1.165) is 28.8 Å². The zero-order valence-corrected chi connectivity index (χ0v) is 12.2. The molecule has 0 spiro atoms. The lowest BCUT2D eigenvalue weighted by Crippen LogP contribution is -2.19. The van der Waals surface area contributed by atoms with Crippen LogP contribution < -0.4 is 0 Å². The molecule has 1 aliphatic rings. The van der Waals surface area contributed by atoms with Gasteiger partial charge in [-0.25, -0.2) is 0 Å². The van der Waals surface area contributed by atoms with Gasteiger partial charge < -0.3 is 5.11 Å². The molecule has 0 amide bonds. The van der Waals surface area contributed by atoms with Crippen LogP contribution in [-0.4, -0.2) is 5.11 Å². The van der Waals surface area contributed by atoms with E-state index in [1.54, 1.807) is 0 Å². The monoisotopic (exact) mass is 296 g/mol. The lowest BCUT2D eigenvalue weighted by atomic mass is 9.78. The maximum atomic E-state index is 10.4. The van der Waals surface area contributed by atoms with E-state index in [1.165, 1.54) is 18.4 Å². The number of hydrogen-bond donors (Lipinski definition) is 1. The Kier molecular flexibility index (Phi) is 4.26. The molecule has 1 nitrogen and oxygen atoms in total. The third kappa shape index (κ3) is 3.11. The smallest absolute Gasteiger partial charge is 0.0818 e. The first-order valence-electron chi connectivity index (χ1n) is 6.52. The third-order valence-electron chi connectivity index (χ3n) is 4.03. The van der Waals surface area contributed by atoms with Crippen molar-refractivity contribution < 1.29 is 5.11 Å². The van der Waals surface area contributed by atoms with Crippen molar-refractivity contribution >= 4 is 15.9 Å².